The number of likely N-dealkylation sites (N-methyl/N-ethyl adjacent to an activating group) is 1. The van der Waals surface area contributed by atoms with E-state index >= 15 is 0 Å². The normalized spacial score (nSPS) is 18.3. The maximum absolute atomic E-state index is 12.4. The third-order valence-electron chi connectivity index (χ3n) is 3.79. The lowest BCUT2D eigenvalue weighted by molar-refractivity contribution is -0.147. The van der Waals surface area contributed by atoms with Gasteiger partial charge in [0, 0.05) is 26.7 Å². The number of nitrogens with zero attached hydrogens (tertiary/aromatic N) is 2. The number of hydrogen-bond donors (Lipinski definition) is 1. The summed E-state index contributed by atoms with van der Waals surface area (Å²) in [6.07, 6.45) is -0.0517. The molecule has 7 nitrogen and oxygen atoms in total. The van der Waals surface area contributed by atoms with Crippen LogP contribution in [-0.4, -0.2) is 67.4 Å². The molecule has 0 bridgehead atoms. The molecule has 0 spiro atoms. The molecular formula is C15H21N3O4S. The number of rotatable bonds is 6. The number of thiophene rings is 1. The van der Waals surface area contributed by atoms with Crippen LogP contribution in [0, 0.1) is 0 Å². The van der Waals surface area contributed by atoms with Gasteiger partial charge in [-0.3, -0.25) is 19.3 Å². The largest absolute Gasteiger partial charge is 0.469 e. The van der Waals surface area contributed by atoms with E-state index in [9.17, 15) is 14.4 Å². The van der Waals surface area contributed by atoms with Gasteiger partial charge in [0.1, 0.15) is 6.04 Å². The van der Waals surface area contributed by atoms with E-state index in [-0.39, 0.29) is 24.8 Å². The third kappa shape index (κ3) is 4.77. The van der Waals surface area contributed by atoms with Crippen molar-refractivity contribution < 1.29 is 19.1 Å². The van der Waals surface area contributed by atoms with Gasteiger partial charge in [0.05, 0.1) is 20.1 Å². The molecule has 1 aromatic rings. The molecule has 1 atom stereocenters. The Morgan fingerprint density at radius 3 is 2.96 bits per heavy atom. The van der Waals surface area contributed by atoms with Crippen LogP contribution in [0.1, 0.15) is 12.0 Å². The lowest BCUT2D eigenvalue weighted by Gasteiger charge is -2.34. The van der Waals surface area contributed by atoms with Crippen LogP contribution < -0.4 is 5.32 Å². The van der Waals surface area contributed by atoms with Crippen LogP contribution in [0.3, 0.4) is 0 Å². The highest BCUT2D eigenvalue weighted by Crippen LogP contribution is 2.12. The highest BCUT2D eigenvalue weighted by molar-refractivity contribution is 7.07. The highest BCUT2D eigenvalue weighted by atomic mass is 32.1. The lowest BCUT2D eigenvalue weighted by atomic mass is 10.1. The van der Waals surface area contributed by atoms with E-state index in [1.54, 1.807) is 28.2 Å². The van der Waals surface area contributed by atoms with E-state index in [1.165, 1.54) is 7.11 Å². The van der Waals surface area contributed by atoms with Crippen molar-refractivity contribution in [1.29, 1.82) is 0 Å². The molecule has 0 radical (unpaired) electrons. The summed E-state index contributed by atoms with van der Waals surface area (Å²) in [5, 5.41) is 6.68. The Bertz CT molecular complexity index is 561. The first-order chi connectivity index (χ1) is 11.0. The fraction of sp³-hybridized carbons (Fsp3) is 0.533. The standard InChI is InChI=1S/C15H21N3O4S/c1-17(8-11-3-6-23-10-11)13(19)9-18-5-4-16-15(21)12(18)7-14(20)22-2/h3,6,10,12H,4-5,7-9H2,1-2H3,(H,16,21)/t12-/m1/s1. The Morgan fingerprint density at radius 1 is 1.52 bits per heavy atom. The summed E-state index contributed by atoms with van der Waals surface area (Å²) in [5.74, 6) is -0.785. The van der Waals surface area contributed by atoms with E-state index < -0.39 is 12.0 Å². The average molecular weight is 339 g/mol. The van der Waals surface area contributed by atoms with Gasteiger partial charge >= 0.3 is 5.97 Å². The quantitative estimate of drug-likeness (QED) is 0.742. The van der Waals surface area contributed by atoms with Gasteiger partial charge in [0.2, 0.25) is 11.8 Å². The molecule has 1 saturated heterocycles. The second-order valence-electron chi connectivity index (χ2n) is 5.44. The zero-order chi connectivity index (χ0) is 16.8. The van der Waals surface area contributed by atoms with Crippen molar-refractivity contribution in [2.45, 2.75) is 19.0 Å². The average Bonchev–Trinajstić information content (AvgIpc) is 3.03. The lowest BCUT2D eigenvalue weighted by Crippen LogP contribution is -2.58. The number of hydrogen-bond acceptors (Lipinski definition) is 6. The first-order valence-electron chi connectivity index (χ1n) is 7.35. The molecule has 2 rings (SSSR count). The minimum absolute atomic E-state index is 0.0517. The van der Waals surface area contributed by atoms with Gasteiger partial charge in [-0.15, -0.1) is 0 Å². The molecule has 2 heterocycles. The van der Waals surface area contributed by atoms with Gasteiger partial charge in [0.25, 0.3) is 0 Å². The first kappa shape index (κ1) is 17.4. The highest BCUT2D eigenvalue weighted by Gasteiger charge is 2.33. The topological polar surface area (TPSA) is 79.0 Å². The number of carbonyl (C=O) groups is 3. The van der Waals surface area contributed by atoms with Crippen LogP contribution in [0.25, 0.3) is 0 Å². The van der Waals surface area contributed by atoms with E-state index in [0.717, 1.165) is 5.56 Å². The van der Waals surface area contributed by atoms with Crippen molar-refractivity contribution in [1.82, 2.24) is 15.1 Å². The number of carbonyl (C=O) groups excluding carboxylic acids is 3. The Hall–Kier alpha value is -1.93. The Morgan fingerprint density at radius 2 is 2.30 bits per heavy atom. The molecule has 1 aromatic heterocycles. The van der Waals surface area contributed by atoms with Crippen LogP contribution in [0.15, 0.2) is 16.8 Å². The number of ether oxygens (including phenoxy) is 1. The Balaban J connectivity index is 1.96. The maximum atomic E-state index is 12.4. The fourth-order valence-electron chi connectivity index (χ4n) is 2.45. The SMILES string of the molecule is COC(=O)C[C@@H]1C(=O)NCCN1CC(=O)N(C)Cc1ccsc1. The molecule has 1 aliphatic heterocycles. The minimum atomic E-state index is -0.658. The fourth-order valence-corrected chi connectivity index (χ4v) is 3.11. The molecule has 1 N–H and O–H groups in total. The zero-order valence-electron chi connectivity index (χ0n) is 13.3. The van der Waals surface area contributed by atoms with Crippen molar-refractivity contribution in [3.63, 3.8) is 0 Å². The molecule has 1 fully saturated rings. The molecule has 126 valence electrons. The van der Waals surface area contributed by atoms with Crippen LogP contribution in [-0.2, 0) is 25.7 Å². The summed E-state index contributed by atoms with van der Waals surface area (Å²) in [6.45, 7) is 1.64. The van der Waals surface area contributed by atoms with Gasteiger partial charge < -0.3 is 15.0 Å². The number of amides is 2. The van der Waals surface area contributed by atoms with Gasteiger partial charge in [-0.25, -0.2) is 0 Å². The summed E-state index contributed by atoms with van der Waals surface area (Å²) in [6, 6.07) is 1.32. The third-order valence-corrected chi connectivity index (χ3v) is 4.53. The molecule has 0 aliphatic carbocycles. The van der Waals surface area contributed by atoms with Gasteiger partial charge in [0.15, 0.2) is 0 Å². The second-order valence-corrected chi connectivity index (χ2v) is 6.22. The number of methoxy groups -OCH3 is 1. The maximum Gasteiger partial charge on any atom is 0.307 e. The predicted molar refractivity (Wildman–Crippen MR) is 85.8 cm³/mol. The Kier molecular flexibility index (Phi) is 6.12. The van der Waals surface area contributed by atoms with Crippen molar-refractivity contribution in [2.24, 2.45) is 0 Å². The molecule has 0 saturated carbocycles. The van der Waals surface area contributed by atoms with Crippen molar-refractivity contribution in [3.8, 4) is 0 Å². The molecular weight excluding hydrogens is 318 g/mol. The van der Waals surface area contributed by atoms with Crippen LogP contribution in [0.2, 0.25) is 0 Å². The number of nitrogens with one attached hydrogen (secondary N) is 1. The minimum Gasteiger partial charge on any atom is -0.469 e. The summed E-state index contributed by atoms with van der Waals surface area (Å²) >= 11 is 1.59. The van der Waals surface area contributed by atoms with Gasteiger partial charge in [-0.2, -0.15) is 11.3 Å². The zero-order valence-corrected chi connectivity index (χ0v) is 14.1. The van der Waals surface area contributed by atoms with Crippen molar-refractivity contribution >= 4 is 29.1 Å². The predicted octanol–water partition coefficient (Wildman–Crippen LogP) is 0.0700. The number of piperazine rings is 1. The Labute approximate surface area is 139 Å². The molecule has 8 heteroatoms. The van der Waals surface area contributed by atoms with Crippen LogP contribution >= 0.6 is 11.3 Å². The van der Waals surface area contributed by atoms with Crippen LogP contribution in [0.5, 0.6) is 0 Å². The molecule has 2 amide bonds. The summed E-state index contributed by atoms with van der Waals surface area (Å²) < 4.78 is 4.63. The summed E-state index contributed by atoms with van der Waals surface area (Å²) in [7, 11) is 3.02. The summed E-state index contributed by atoms with van der Waals surface area (Å²) in [5.41, 5.74) is 1.08. The van der Waals surface area contributed by atoms with Gasteiger partial charge in [-0.05, 0) is 22.4 Å². The molecule has 0 aromatic carbocycles. The van der Waals surface area contributed by atoms with Crippen molar-refractivity contribution in [2.75, 3.05) is 33.8 Å². The monoisotopic (exact) mass is 339 g/mol. The molecule has 1 aliphatic rings. The molecule has 23 heavy (non-hydrogen) atoms. The molecule has 0 unspecified atom stereocenters. The van der Waals surface area contributed by atoms with E-state index in [0.29, 0.717) is 19.6 Å². The number of esters is 1. The van der Waals surface area contributed by atoms with Crippen LogP contribution in [0.4, 0.5) is 0 Å². The second kappa shape index (κ2) is 8.07. The van der Waals surface area contributed by atoms with Crippen molar-refractivity contribution in [3.05, 3.63) is 22.4 Å². The van der Waals surface area contributed by atoms with E-state index in [1.807, 2.05) is 16.8 Å². The van der Waals surface area contributed by atoms with Gasteiger partial charge in [-0.1, -0.05) is 0 Å². The van der Waals surface area contributed by atoms with E-state index in [2.05, 4.69) is 10.1 Å². The summed E-state index contributed by atoms with van der Waals surface area (Å²) in [4.78, 5) is 39.2. The first-order valence-corrected chi connectivity index (χ1v) is 8.29. The smallest absolute Gasteiger partial charge is 0.307 e. The van der Waals surface area contributed by atoms with E-state index in [4.69, 9.17) is 0 Å².